The summed E-state index contributed by atoms with van der Waals surface area (Å²) in [6.07, 6.45) is 5.07. The number of hydrogen-bond acceptors (Lipinski definition) is 5. The first kappa shape index (κ1) is 16.9. The lowest BCUT2D eigenvalue weighted by Gasteiger charge is -2.32. The monoisotopic (exact) mass is 328 g/mol. The molecule has 0 radical (unpaired) electrons. The Morgan fingerprint density at radius 1 is 1.41 bits per heavy atom. The van der Waals surface area contributed by atoms with Crippen LogP contribution in [0.2, 0.25) is 0 Å². The van der Waals surface area contributed by atoms with E-state index in [1.54, 1.807) is 15.9 Å². The lowest BCUT2D eigenvalue weighted by Crippen LogP contribution is -2.41. The van der Waals surface area contributed by atoms with Gasteiger partial charge in [0.1, 0.15) is 12.7 Å². The van der Waals surface area contributed by atoms with E-state index in [2.05, 4.69) is 10.1 Å². The second kappa shape index (κ2) is 7.21. The summed E-state index contributed by atoms with van der Waals surface area (Å²) in [5.41, 5.74) is 0. The Labute approximate surface area is 131 Å². The minimum Gasteiger partial charge on any atom is -0.341 e. The maximum Gasteiger partial charge on any atom is 0.223 e. The maximum absolute atomic E-state index is 12.3. The molecular formula is C14H24N4O3S. The average molecular weight is 328 g/mol. The Kier molecular flexibility index (Phi) is 5.55. The number of aromatic nitrogens is 3. The van der Waals surface area contributed by atoms with Crippen molar-refractivity contribution >= 4 is 15.7 Å². The number of carbonyl (C=O) groups excluding carboxylic acids is 1. The first-order valence-electron chi connectivity index (χ1n) is 7.69. The number of likely N-dealkylation sites (tertiary alicyclic amines) is 1. The molecule has 0 unspecified atom stereocenters. The second-order valence-corrected chi connectivity index (χ2v) is 8.50. The summed E-state index contributed by atoms with van der Waals surface area (Å²) in [4.78, 5) is 17.9. The lowest BCUT2D eigenvalue weighted by atomic mass is 10.1. The van der Waals surface area contributed by atoms with Crippen molar-refractivity contribution in [2.75, 3.05) is 24.6 Å². The molecule has 22 heavy (non-hydrogen) atoms. The average Bonchev–Trinajstić information content (AvgIpc) is 2.98. The van der Waals surface area contributed by atoms with Gasteiger partial charge in [0.25, 0.3) is 0 Å². The van der Waals surface area contributed by atoms with Gasteiger partial charge in [-0.3, -0.25) is 4.79 Å². The summed E-state index contributed by atoms with van der Waals surface area (Å²) in [5.74, 6) is 0.0834. The molecule has 1 aromatic rings. The standard InChI is InChI=1S/C14H24N4O3S/c1-12(2)9-22(20,21)7-5-14(19)17-6-3-4-13(8-17)18-11-15-10-16-18/h10-13H,3-9H2,1-2H3/t13-/m0/s1. The number of nitrogens with zero attached hydrogens (tertiary/aromatic N) is 4. The van der Waals surface area contributed by atoms with E-state index in [9.17, 15) is 13.2 Å². The van der Waals surface area contributed by atoms with E-state index in [0.29, 0.717) is 13.1 Å². The van der Waals surface area contributed by atoms with Gasteiger partial charge in [0.05, 0.1) is 17.5 Å². The molecule has 2 heterocycles. The van der Waals surface area contributed by atoms with Gasteiger partial charge in [-0.05, 0) is 18.8 Å². The minimum absolute atomic E-state index is 0.0610. The Morgan fingerprint density at radius 2 is 2.18 bits per heavy atom. The van der Waals surface area contributed by atoms with E-state index in [4.69, 9.17) is 0 Å². The molecule has 0 saturated carbocycles. The molecule has 1 aromatic heterocycles. The van der Waals surface area contributed by atoms with Crippen molar-refractivity contribution in [3.63, 3.8) is 0 Å². The Balaban J connectivity index is 1.87. The summed E-state index contributed by atoms with van der Waals surface area (Å²) >= 11 is 0. The maximum atomic E-state index is 12.3. The molecule has 1 amide bonds. The van der Waals surface area contributed by atoms with Crippen LogP contribution >= 0.6 is 0 Å². The lowest BCUT2D eigenvalue weighted by molar-refractivity contribution is -0.132. The molecule has 2 rings (SSSR count). The van der Waals surface area contributed by atoms with Crippen LogP contribution in [0.25, 0.3) is 0 Å². The van der Waals surface area contributed by atoms with Gasteiger partial charge in [-0.2, -0.15) is 5.10 Å². The highest BCUT2D eigenvalue weighted by molar-refractivity contribution is 7.91. The van der Waals surface area contributed by atoms with Gasteiger partial charge in [0.15, 0.2) is 9.84 Å². The van der Waals surface area contributed by atoms with Crippen LogP contribution in [-0.2, 0) is 14.6 Å². The third kappa shape index (κ3) is 4.79. The molecule has 1 fully saturated rings. The van der Waals surface area contributed by atoms with Gasteiger partial charge in [0.2, 0.25) is 5.91 Å². The number of sulfone groups is 1. The normalized spacial score (nSPS) is 19.6. The third-order valence-electron chi connectivity index (χ3n) is 3.77. The van der Waals surface area contributed by atoms with Gasteiger partial charge < -0.3 is 4.90 Å². The van der Waals surface area contributed by atoms with E-state index in [1.165, 1.54) is 6.33 Å². The zero-order chi connectivity index (χ0) is 16.2. The number of hydrogen-bond donors (Lipinski definition) is 0. The van der Waals surface area contributed by atoms with Gasteiger partial charge in [-0.15, -0.1) is 0 Å². The topological polar surface area (TPSA) is 85.2 Å². The highest BCUT2D eigenvalue weighted by atomic mass is 32.2. The van der Waals surface area contributed by atoms with Crippen LogP contribution in [0.15, 0.2) is 12.7 Å². The van der Waals surface area contributed by atoms with Crippen LogP contribution in [0.5, 0.6) is 0 Å². The highest BCUT2D eigenvalue weighted by Gasteiger charge is 2.26. The smallest absolute Gasteiger partial charge is 0.223 e. The Hall–Kier alpha value is -1.44. The quantitative estimate of drug-likeness (QED) is 0.774. The Bertz CT molecular complexity index is 583. The van der Waals surface area contributed by atoms with Crippen molar-refractivity contribution in [2.45, 2.75) is 39.2 Å². The summed E-state index contributed by atoms with van der Waals surface area (Å²) in [7, 11) is -3.15. The zero-order valence-corrected chi connectivity index (χ0v) is 14.0. The number of rotatable bonds is 6. The molecule has 1 aliphatic rings. The first-order valence-corrected chi connectivity index (χ1v) is 9.52. The molecule has 0 aliphatic carbocycles. The van der Waals surface area contributed by atoms with Crippen LogP contribution < -0.4 is 0 Å². The summed E-state index contributed by atoms with van der Waals surface area (Å²) in [5, 5.41) is 4.12. The fourth-order valence-electron chi connectivity index (χ4n) is 2.80. The molecule has 0 bridgehead atoms. The van der Waals surface area contributed by atoms with Crippen LogP contribution in [0.1, 0.15) is 39.2 Å². The van der Waals surface area contributed by atoms with Crippen LogP contribution in [0.4, 0.5) is 0 Å². The van der Waals surface area contributed by atoms with Crippen molar-refractivity contribution < 1.29 is 13.2 Å². The SMILES string of the molecule is CC(C)CS(=O)(=O)CCC(=O)N1CCC[C@H](n2cncn2)C1. The van der Waals surface area contributed by atoms with Gasteiger partial charge in [-0.1, -0.05) is 13.8 Å². The summed E-state index contributed by atoms with van der Waals surface area (Å²) in [6, 6.07) is 0.132. The molecule has 1 saturated heterocycles. The predicted octanol–water partition coefficient (Wildman–Crippen LogP) is 0.902. The third-order valence-corrected chi connectivity index (χ3v) is 5.77. The molecule has 8 heteroatoms. The first-order chi connectivity index (χ1) is 10.4. The fourth-order valence-corrected chi connectivity index (χ4v) is 4.46. The number of amides is 1. The van der Waals surface area contributed by atoms with Crippen LogP contribution in [-0.4, -0.2) is 58.6 Å². The predicted molar refractivity (Wildman–Crippen MR) is 83.0 cm³/mol. The van der Waals surface area contributed by atoms with E-state index < -0.39 is 9.84 Å². The van der Waals surface area contributed by atoms with E-state index in [0.717, 1.165) is 12.8 Å². The molecule has 0 aromatic carbocycles. The fraction of sp³-hybridized carbons (Fsp3) is 0.786. The number of piperidine rings is 1. The van der Waals surface area contributed by atoms with E-state index in [-0.39, 0.29) is 35.8 Å². The number of carbonyl (C=O) groups is 1. The molecular weight excluding hydrogens is 304 g/mol. The van der Waals surface area contributed by atoms with Crippen LogP contribution in [0.3, 0.4) is 0 Å². The molecule has 0 N–H and O–H groups in total. The summed E-state index contributed by atoms with van der Waals surface area (Å²) < 4.78 is 25.5. The van der Waals surface area contributed by atoms with Crippen molar-refractivity contribution in [3.05, 3.63) is 12.7 Å². The molecule has 124 valence electrons. The Morgan fingerprint density at radius 3 is 2.82 bits per heavy atom. The van der Waals surface area contributed by atoms with Gasteiger partial charge in [-0.25, -0.2) is 18.1 Å². The minimum atomic E-state index is -3.15. The largest absolute Gasteiger partial charge is 0.341 e. The second-order valence-electron chi connectivity index (χ2n) is 6.27. The van der Waals surface area contributed by atoms with Crippen LogP contribution in [0, 0.1) is 5.92 Å². The van der Waals surface area contributed by atoms with Gasteiger partial charge in [0, 0.05) is 19.5 Å². The highest BCUT2D eigenvalue weighted by Crippen LogP contribution is 2.20. The molecule has 0 spiro atoms. The van der Waals surface area contributed by atoms with Gasteiger partial charge >= 0.3 is 0 Å². The van der Waals surface area contributed by atoms with Crippen molar-refractivity contribution in [1.82, 2.24) is 19.7 Å². The summed E-state index contributed by atoms with van der Waals surface area (Å²) in [6.45, 7) is 5.00. The zero-order valence-electron chi connectivity index (χ0n) is 13.2. The molecule has 1 aliphatic heterocycles. The molecule has 1 atom stereocenters. The van der Waals surface area contributed by atoms with Crippen molar-refractivity contribution in [2.24, 2.45) is 5.92 Å². The molecule has 7 nitrogen and oxygen atoms in total. The van der Waals surface area contributed by atoms with E-state index >= 15 is 0 Å². The van der Waals surface area contributed by atoms with Crippen molar-refractivity contribution in [1.29, 1.82) is 0 Å². The van der Waals surface area contributed by atoms with E-state index in [1.807, 2.05) is 13.8 Å². The van der Waals surface area contributed by atoms with Crippen molar-refractivity contribution in [3.8, 4) is 0 Å².